The third-order valence-electron chi connectivity index (χ3n) is 4.23. The lowest BCUT2D eigenvalue weighted by Crippen LogP contribution is -2.35. The SMILES string of the molecule is O=c1[nH]c(-c2cccs2)nc2c1CN(Cc1cc(F)cc(F)c1)CC2. The van der Waals surface area contributed by atoms with Crippen LogP contribution in [0.25, 0.3) is 10.7 Å². The van der Waals surface area contributed by atoms with Gasteiger partial charge in [-0.25, -0.2) is 13.8 Å². The smallest absolute Gasteiger partial charge is 0.255 e. The number of benzene rings is 1. The Hall–Kier alpha value is -2.38. The van der Waals surface area contributed by atoms with E-state index in [0.717, 1.165) is 16.6 Å². The lowest BCUT2D eigenvalue weighted by atomic mass is 10.1. The fourth-order valence-corrected chi connectivity index (χ4v) is 3.78. The number of fused-ring (bicyclic) bond motifs is 1. The molecule has 0 spiro atoms. The van der Waals surface area contributed by atoms with Gasteiger partial charge in [0.2, 0.25) is 0 Å². The molecule has 0 unspecified atom stereocenters. The van der Waals surface area contributed by atoms with E-state index in [0.29, 0.717) is 43.0 Å². The van der Waals surface area contributed by atoms with Gasteiger partial charge in [0.25, 0.3) is 5.56 Å². The molecule has 2 aromatic heterocycles. The maximum Gasteiger partial charge on any atom is 0.255 e. The van der Waals surface area contributed by atoms with E-state index in [4.69, 9.17) is 0 Å². The van der Waals surface area contributed by atoms with E-state index in [1.807, 2.05) is 22.4 Å². The monoisotopic (exact) mass is 359 g/mol. The number of hydrogen-bond donors (Lipinski definition) is 1. The number of rotatable bonds is 3. The molecule has 0 saturated carbocycles. The second-order valence-corrected chi connectivity index (χ2v) is 7.00. The third kappa shape index (κ3) is 3.38. The third-order valence-corrected chi connectivity index (χ3v) is 5.11. The standard InChI is InChI=1S/C18H15F2N3OS/c19-12-6-11(7-13(20)8-12)9-23-4-3-15-14(10-23)18(24)22-17(21-15)16-2-1-5-25-16/h1-2,5-8H,3-4,9-10H2,(H,21,22,24). The number of nitrogens with one attached hydrogen (secondary N) is 1. The molecule has 3 aromatic rings. The second-order valence-electron chi connectivity index (χ2n) is 6.06. The van der Waals surface area contributed by atoms with E-state index in [2.05, 4.69) is 9.97 Å². The van der Waals surface area contributed by atoms with Crippen LogP contribution in [-0.4, -0.2) is 21.4 Å². The quantitative estimate of drug-likeness (QED) is 0.780. The maximum absolute atomic E-state index is 13.3. The van der Waals surface area contributed by atoms with Crippen molar-refractivity contribution >= 4 is 11.3 Å². The summed E-state index contributed by atoms with van der Waals surface area (Å²) in [7, 11) is 0. The van der Waals surface area contributed by atoms with Gasteiger partial charge in [-0.05, 0) is 29.1 Å². The maximum atomic E-state index is 13.3. The number of nitrogens with zero attached hydrogens (tertiary/aromatic N) is 2. The minimum absolute atomic E-state index is 0.150. The van der Waals surface area contributed by atoms with Gasteiger partial charge in [-0.3, -0.25) is 9.69 Å². The Morgan fingerprint density at radius 1 is 1.24 bits per heavy atom. The summed E-state index contributed by atoms with van der Waals surface area (Å²) in [5.74, 6) is -0.584. The van der Waals surface area contributed by atoms with Gasteiger partial charge >= 0.3 is 0 Å². The van der Waals surface area contributed by atoms with Crippen LogP contribution in [0.1, 0.15) is 16.8 Å². The number of hydrogen-bond acceptors (Lipinski definition) is 4. The predicted molar refractivity (Wildman–Crippen MR) is 92.3 cm³/mol. The van der Waals surface area contributed by atoms with E-state index >= 15 is 0 Å². The van der Waals surface area contributed by atoms with Crippen molar-refractivity contribution in [1.29, 1.82) is 0 Å². The van der Waals surface area contributed by atoms with E-state index < -0.39 is 11.6 Å². The first-order chi connectivity index (χ1) is 12.1. The largest absolute Gasteiger partial charge is 0.306 e. The highest BCUT2D eigenvalue weighted by Crippen LogP contribution is 2.23. The predicted octanol–water partition coefficient (Wildman–Crippen LogP) is 3.33. The summed E-state index contributed by atoms with van der Waals surface area (Å²) in [5.41, 5.74) is 1.83. The highest BCUT2D eigenvalue weighted by atomic mass is 32.1. The van der Waals surface area contributed by atoms with Crippen molar-refractivity contribution in [2.75, 3.05) is 6.54 Å². The number of aromatic nitrogens is 2. The van der Waals surface area contributed by atoms with Crippen LogP contribution in [0.4, 0.5) is 8.78 Å². The highest BCUT2D eigenvalue weighted by Gasteiger charge is 2.22. The highest BCUT2D eigenvalue weighted by molar-refractivity contribution is 7.13. The fraction of sp³-hybridized carbons (Fsp3) is 0.222. The van der Waals surface area contributed by atoms with Crippen LogP contribution in [0.15, 0.2) is 40.5 Å². The van der Waals surface area contributed by atoms with Crippen molar-refractivity contribution in [2.45, 2.75) is 19.5 Å². The second kappa shape index (κ2) is 6.50. The lowest BCUT2D eigenvalue weighted by Gasteiger charge is -2.27. The first-order valence-electron chi connectivity index (χ1n) is 7.92. The van der Waals surface area contributed by atoms with E-state index in [9.17, 15) is 13.6 Å². The zero-order chi connectivity index (χ0) is 17.4. The average molecular weight is 359 g/mol. The molecule has 7 heteroatoms. The summed E-state index contributed by atoms with van der Waals surface area (Å²) in [6.45, 7) is 1.49. The minimum Gasteiger partial charge on any atom is -0.306 e. The van der Waals surface area contributed by atoms with Crippen LogP contribution < -0.4 is 5.56 Å². The van der Waals surface area contributed by atoms with Gasteiger partial charge in [-0.15, -0.1) is 11.3 Å². The van der Waals surface area contributed by atoms with Crippen molar-refractivity contribution in [3.63, 3.8) is 0 Å². The van der Waals surface area contributed by atoms with Crippen molar-refractivity contribution in [1.82, 2.24) is 14.9 Å². The van der Waals surface area contributed by atoms with Crippen molar-refractivity contribution in [3.05, 3.63) is 74.5 Å². The molecule has 0 atom stereocenters. The molecule has 1 aliphatic rings. The molecule has 4 rings (SSSR count). The summed E-state index contributed by atoms with van der Waals surface area (Å²) in [6, 6.07) is 7.33. The molecular weight excluding hydrogens is 344 g/mol. The molecule has 3 heterocycles. The van der Waals surface area contributed by atoms with Crippen molar-refractivity contribution < 1.29 is 8.78 Å². The molecule has 1 aliphatic heterocycles. The molecule has 4 nitrogen and oxygen atoms in total. The topological polar surface area (TPSA) is 49.0 Å². The summed E-state index contributed by atoms with van der Waals surface area (Å²) in [4.78, 5) is 22.8. The minimum atomic E-state index is -0.590. The molecular formula is C18H15F2N3OS. The molecule has 0 radical (unpaired) electrons. The molecule has 0 saturated heterocycles. The first-order valence-corrected chi connectivity index (χ1v) is 8.80. The van der Waals surface area contributed by atoms with Crippen LogP contribution in [0.5, 0.6) is 0 Å². The Labute approximate surface area is 146 Å². The molecule has 25 heavy (non-hydrogen) atoms. The van der Waals surface area contributed by atoms with Gasteiger partial charge in [0.05, 0.1) is 16.1 Å². The van der Waals surface area contributed by atoms with Gasteiger partial charge < -0.3 is 4.98 Å². The zero-order valence-electron chi connectivity index (χ0n) is 13.3. The van der Waals surface area contributed by atoms with Crippen LogP contribution in [-0.2, 0) is 19.5 Å². The Morgan fingerprint density at radius 2 is 2.04 bits per heavy atom. The van der Waals surface area contributed by atoms with Gasteiger partial charge in [0.15, 0.2) is 5.82 Å². The lowest BCUT2D eigenvalue weighted by molar-refractivity contribution is 0.241. The number of aromatic amines is 1. The van der Waals surface area contributed by atoms with Crippen LogP contribution in [0.2, 0.25) is 0 Å². The van der Waals surface area contributed by atoms with Gasteiger partial charge in [0, 0.05) is 32.1 Å². The van der Waals surface area contributed by atoms with Gasteiger partial charge in [0.1, 0.15) is 11.6 Å². The fourth-order valence-electron chi connectivity index (χ4n) is 3.11. The summed E-state index contributed by atoms with van der Waals surface area (Å²) < 4.78 is 26.7. The van der Waals surface area contributed by atoms with E-state index in [1.165, 1.54) is 23.5 Å². The molecule has 0 amide bonds. The summed E-state index contributed by atoms with van der Waals surface area (Å²) in [5, 5.41) is 1.94. The average Bonchev–Trinajstić information content (AvgIpc) is 3.09. The normalized spacial score (nSPS) is 14.5. The summed E-state index contributed by atoms with van der Waals surface area (Å²) in [6.07, 6.45) is 0.634. The molecule has 1 N–H and O–H groups in total. The Kier molecular flexibility index (Phi) is 4.19. The Balaban J connectivity index is 1.58. The van der Waals surface area contributed by atoms with Gasteiger partial charge in [-0.2, -0.15) is 0 Å². The number of halogens is 2. The molecule has 1 aromatic carbocycles. The van der Waals surface area contributed by atoms with E-state index in [-0.39, 0.29) is 5.56 Å². The number of thiophene rings is 1. The van der Waals surface area contributed by atoms with Gasteiger partial charge in [-0.1, -0.05) is 6.07 Å². The Morgan fingerprint density at radius 3 is 2.76 bits per heavy atom. The van der Waals surface area contributed by atoms with E-state index in [1.54, 1.807) is 0 Å². The molecule has 0 aliphatic carbocycles. The van der Waals surface area contributed by atoms with Crippen LogP contribution in [0.3, 0.4) is 0 Å². The van der Waals surface area contributed by atoms with Crippen LogP contribution >= 0.6 is 11.3 Å². The molecule has 0 fully saturated rings. The summed E-state index contributed by atoms with van der Waals surface area (Å²) >= 11 is 1.53. The zero-order valence-corrected chi connectivity index (χ0v) is 14.1. The van der Waals surface area contributed by atoms with Crippen molar-refractivity contribution in [2.24, 2.45) is 0 Å². The van der Waals surface area contributed by atoms with Crippen molar-refractivity contribution in [3.8, 4) is 10.7 Å². The first kappa shape index (κ1) is 16.1. The van der Waals surface area contributed by atoms with Crippen LogP contribution in [0, 0.1) is 11.6 Å². The molecule has 0 bridgehead atoms. The Bertz CT molecular complexity index is 949. The number of H-pyrrole nitrogens is 1. The molecule has 128 valence electrons.